The Bertz CT molecular complexity index is 856. The van der Waals surface area contributed by atoms with Gasteiger partial charge < -0.3 is 15.4 Å². The zero-order valence-electron chi connectivity index (χ0n) is 14.4. The summed E-state index contributed by atoms with van der Waals surface area (Å²) in [5, 5.41) is 12.7. The van der Waals surface area contributed by atoms with Gasteiger partial charge in [0, 0.05) is 20.1 Å². The van der Waals surface area contributed by atoms with Crippen LogP contribution in [0.1, 0.15) is 20.8 Å². The normalized spacial score (nSPS) is 12.2. The number of nitrogens with zero attached hydrogens (tertiary/aromatic N) is 2. The quantitative estimate of drug-likeness (QED) is 0.642. The summed E-state index contributed by atoms with van der Waals surface area (Å²) < 4.78 is 37.0. The van der Waals surface area contributed by atoms with Crippen molar-refractivity contribution in [3.63, 3.8) is 0 Å². The van der Waals surface area contributed by atoms with E-state index < -0.39 is 21.7 Å². The third kappa shape index (κ3) is 4.79. The molecule has 3 N–H and O–H groups in total. The van der Waals surface area contributed by atoms with E-state index >= 15 is 0 Å². The van der Waals surface area contributed by atoms with Gasteiger partial charge in [-0.25, -0.2) is 22.6 Å². The summed E-state index contributed by atoms with van der Waals surface area (Å²) in [5.74, 6) is 0. The lowest BCUT2D eigenvalue weighted by molar-refractivity contribution is 0.0529. The van der Waals surface area contributed by atoms with Gasteiger partial charge in [-0.1, -0.05) is 0 Å². The van der Waals surface area contributed by atoms with E-state index in [0.717, 1.165) is 0 Å². The maximum atomic E-state index is 12.4. The van der Waals surface area contributed by atoms with Crippen LogP contribution in [0.25, 0.3) is 11.0 Å². The Morgan fingerprint density at radius 2 is 1.88 bits per heavy atom. The number of aromatic nitrogens is 2. The monoisotopic (exact) mass is 371 g/mol. The highest BCUT2D eigenvalue weighted by atomic mass is 32.2. The van der Waals surface area contributed by atoms with E-state index in [-0.39, 0.29) is 23.5 Å². The number of sulfonamides is 1. The SMILES string of the molecule is CNc1ccc(S(=O)(=O)NCCNC(=O)OC(C)(C)C)c2nonc12. The maximum Gasteiger partial charge on any atom is 0.407 e. The van der Waals surface area contributed by atoms with Gasteiger partial charge in [0.15, 0.2) is 11.0 Å². The summed E-state index contributed by atoms with van der Waals surface area (Å²) in [5.41, 5.74) is 0.419. The summed E-state index contributed by atoms with van der Waals surface area (Å²) in [4.78, 5) is 11.5. The molecule has 1 aromatic heterocycles. The van der Waals surface area contributed by atoms with Crippen LogP contribution in [0, 0.1) is 0 Å². The number of ether oxygens (including phenoxy) is 1. The summed E-state index contributed by atoms with van der Waals surface area (Å²) in [6, 6.07) is 2.97. The zero-order chi connectivity index (χ0) is 18.7. The molecule has 0 saturated carbocycles. The van der Waals surface area contributed by atoms with Gasteiger partial charge >= 0.3 is 6.09 Å². The molecule has 25 heavy (non-hydrogen) atoms. The molecule has 11 heteroatoms. The van der Waals surface area contributed by atoms with E-state index in [0.29, 0.717) is 11.2 Å². The van der Waals surface area contributed by atoms with Gasteiger partial charge in [-0.05, 0) is 43.2 Å². The number of hydrogen-bond acceptors (Lipinski definition) is 8. The zero-order valence-corrected chi connectivity index (χ0v) is 15.2. The molecule has 2 aromatic rings. The highest BCUT2D eigenvalue weighted by molar-refractivity contribution is 7.89. The van der Waals surface area contributed by atoms with Crippen LogP contribution in [0.4, 0.5) is 10.5 Å². The third-order valence-corrected chi connectivity index (χ3v) is 4.52. The average Bonchev–Trinajstić information content (AvgIpc) is 2.98. The van der Waals surface area contributed by atoms with Crippen molar-refractivity contribution < 1.29 is 22.6 Å². The minimum atomic E-state index is -3.85. The van der Waals surface area contributed by atoms with Crippen LogP contribution in [0.2, 0.25) is 0 Å². The Labute approximate surface area is 145 Å². The van der Waals surface area contributed by atoms with Crippen molar-refractivity contribution in [3.05, 3.63) is 12.1 Å². The number of alkyl carbamates (subject to hydrolysis) is 1. The minimum Gasteiger partial charge on any atom is -0.444 e. The van der Waals surface area contributed by atoms with Crippen molar-refractivity contribution in [1.82, 2.24) is 20.4 Å². The van der Waals surface area contributed by atoms with Gasteiger partial charge in [-0.2, -0.15) is 0 Å². The molecule has 0 bridgehead atoms. The van der Waals surface area contributed by atoms with Crippen molar-refractivity contribution >= 4 is 32.8 Å². The molecule has 0 aliphatic heterocycles. The largest absolute Gasteiger partial charge is 0.444 e. The molecule has 0 aliphatic rings. The number of hydrogen-bond donors (Lipinski definition) is 3. The highest BCUT2D eigenvalue weighted by Crippen LogP contribution is 2.26. The first-order valence-corrected chi connectivity index (χ1v) is 9.02. The van der Waals surface area contributed by atoms with E-state index in [4.69, 9.17) is 4.74 Å². The second kappa shape index (κ2) is 7.23. The van der Waals surface area contributed by atoms with Crippen molar-refractivity contribution in [2.24, 2.45) is 0 Å². The summed E-state index contributed by atoms with van der Waals surface area (Å²) in [7, 11) is -2.17. The van der Waals surface area contributed by atoms with E-state index in [1.165, 1.54) is 6.07 Å². The van der Waals surface area contributed by atoms with Crippen LogP contribution in [-0.2, 0) is 14.8 Å². The molecule has 1 amide bonds. The van der Waals surface area contributed by atoms with Crippen LogP contribution >= 0.6 is 0 Å². The average molecular weight is 371 g/mol. The number of rotatable bonds is 6. The predicted molar refractivity (Wildman–Crippen MR) is 90.8 cm³/mol. The molecule has 0 fully saturated rings. The molecular weight excluding hydrogens is 350 g/mol. The molecule has 2 rings (SSSR count). The second-order valence-corrected chi connectivity index (χ2v) is 7.88. The smallest absolute Gasteiger partial charge is 0.407 e. The molecule has 1 heterocycles. The molecule has 0 aliphatic carbocycles. The van der Waals surface area contributed by atoms with Gasteiger partial charge in [-0.15, -0.1) is 0 Å². The van der Waals surface area contributed by atoms with Gasteiger partial charge in [0.05, 0.1) is 5.69 Å². The number of carbonyl (C=O) groups is 1. The fourth-order valence-corrected chi connectivity index (χ4v) is 3.17. The molecular formula is C14H21N5O5S. The first kappa shape index (κ1) is 18.9. The number of fused-ring (bicyclic) bond motifs is 1. The fraction of sp³-hybridized carbons (Fsp3) is 0.500. The molecule has 0 atom stereocenters. The van der Waals surface area contributed by atoms with Crippen molar-refractivity contribution in [2.45, 2.75) is 31.3 Å². The van der Waals surface area contributed by atoms with E-state index in [1.54, 1.807) is 33.9 Å². The van der Waals surface area contributed by atoms with Crippen LogP contribution < -0.4 is 15.4 Å². The summed E-state index contributed by atoms with van der Waals surface area (Å²) in [6.45, 7) is 5.27. The second-order valence-electron chi connectivity index (χ2n) is 6.15. The van der Waals surface area contributed by atoms with E-state index in [1.807, 2.05) is 0 Å². The molecule has 0 radical (unpaired) electrons. The Kier molecular flexibility index (Phi) is 5.48. The first-order chi connectivity index (χ1) is 11.6. The lowest BCUT2D eigenvalue weighted by atomic mass is 10.2. The predicted octanol–water partition coefficient (Wildman–Crippen LogP) is 1.07. The minimum absolute atomic E-state index is 0.0118. The van der Waals surface area contributed by atoms with Crippen molar-refractivity contribution in [2.75, 3.05) is 25.5 Å². The van der Waals surface area contributed by atoms with E-state index in [9.17, 15) is 13.2 Å². The lowest BCUT2D eigenvalue weighted by Gasteiger charge is -2.19. The molecule has 1 aromatic carbocycles. The first-order valence-electron chi connectivity index (χ1n) is 7.53. The summed E-state index contributed by atoms with van der Waals surface area (Å²) in [6.07, 6.45) is -0.617. The molecule has 138 valence electrons. The van der Waals surface area contributed by atoms with Crippen LogP contribution in [0.15, 0.2) is 21.7 Å². The molecule has 0 saturated heterocycles. The van der Waals surface area contributed by atoms with Crippen LogP contribution in [-0.4, -0.2) is 50.6 Å². The van der Waals surface area contributed by atoms with Crippen LogP contribution in [0.3, 0.4) is 0 Å². The number of carbonyl (C=O) groups excluding carboxylic acids is 1. The van der Waals surface area contributed by atoms with Crippen molar-refractivity contribution in [3.8, 4) is 0 Å². The van der Waals surface area contributed by atoms with Gasteiger partial charge in [0.25, 0.3) is 0 Å². The van der Waals surface area contributed by atoms with E-state index in [2.05, 4.69) is 30.3 Å². The third-order valence-electron chi connectivity index (χ3n) is 3.02. The van der Waals surface area contributed by atoms with Gasteiger partial charge in [0.1, 0.15) is 10.5 Å². The fourth-order valence-electron chi connectivity index (χ4n) is 2.00. The Hall–Kier alpha value is -2.40. The Morgan fingerprint density at radius 1 is 1.20 bits per heavy atom. The Morgan fingerprint density at radius 3 is 2.52 bits per heavy atom. The maximum absolute atomic E-state index is 12.4. The van der Waals surface area contributed by atoms with Gasteiger partial charge in [0.2, 0.25) is 10.0 Å². The molecule has 0 unspecified atom stereocenters. The number of benzene rings is 1. The van der Waals surface area contributed by atoms with Crippen molar-refractivity contribution in [1.29, 1.82) is 0 Å². The number of anilines is 1. The van der Waals surface area contributed by atoms with Gasteiger partial charge in [-0.3, -0.25) is 0 Å². The lowest BCUT2D eigenvalue weighted by Crippen LogP contribution is -2.37. The standard InChI is InChI=1S/C14H21N5O5S/c1-14(2,3)23-13(20)16-7-8-17-25(21,22)10-6-5-9(15-4)11-12(10)19-24-18-11/h5-6,15,17H,7-8H2,1-4H3,(H,16,20). The number of amides is 1. The molecule has 10 nitrogen and oxygen atoms in total. The highest BCUT2D eigenvalue weighted by Gasteiger charge is 2.22. The molecule has 0 spiro atoms. The van der Waals surface area contributed by atoms with Crippen LogP contribution in [0.5, 0.6) is 0 Å². The number of nitrogens with one attached hydrogen (secondary N) is 3. The summed E-state index contributed by atoms with van der Waals surface area (Å²) >= 11 is 0. The topological polar surface area (TPSA) is 135 Å². The Balaban J connectivity index is 2.01.